The lowest BCUT2D eigenvalue weighted by molar-refractivity contribution is -0.143. The lowest BCUT2D eigenvalue weighted by Crippen LogP contribution is -2.55. The molecular formula is C43H42ClFN6O11S2. The molecule has 1 aromatic heterocycles. The van der Waals surface area contributed by atoms with Gasteiger partial charge in [0.05, 0.1) is 28.8 Å². The van der Waals surface area contributed by atoms with Crippen LogP contribution in [-0.4, -0.2) is 115 Å². The predicted octanol–water partition coefficient (Wildman–Crippen LogP) is 4.31. The molecule has 1 unspecified atom stereocenters. The maximum Gasteiger partial charge on any atom is 0.341 e. The van der Waals surface area contributed by atoms with Crippen LogP contribution in [0.25, 0.3) is 10.4 Å². The van der Waals surface area contributed by atoms with Crippen LogP contribution in [0.3, 0.4) is 0 Å². The third-order valence-electron chi connectivity index (χ3n) is 11.5. The average Bonchev–Trinajstić information content (AvgIpc) is 3.78. The van der Waals surface area contributed by atoms with Gasteiger partial charge in [0.1, 0.15) is 28.4 Å². The minimum absolute atomic E-state index is 0.0238. The van der Waals surface area contributed by atoms with Crippen LogP contribution in [0, 0.1) is 11.7 Å². The molecule has 1 atom stereocenters. The van der Waals surface area contributed by atoms with E-state index in [9.17, 15) is 41.6 Å². The number of aliphatic carboxylic acids is 1. The van der Waals surface area contributed by atoms with Gasteiger partial charge in [-0.3, -0.25) is 29.3 Å². The van der Waals surface area contributed by atoms with Gasteiger partial charge in [0.25, 0.3) is 11.8 Å². The molecule has 0 aliphatic carbocycles. The highest BCUT2D eigenvalue weighted by Gasteiger charge is 2.41. The molecule has 0 radical (unpaired) electrons. The second-order valence-corrected chi connectivity index (χ2v) is 19.1. The van der Waals surface area contributed by atoms with Crippen molar-refractivity contribution in [2.45, 2.75) is 50.1 Å². The molecule has 5 heterocycles. The molecule has 3 fully saturated rings. The normalized spacial score (nSPS) is 18.3. The summed E-state index contributed by atoms with van der Waals surface area (Å²) in [5.41, 5.74) is 2.58. The highest BCUT2D eigenvalue weighted by molar-refractivity contribution is 7.88. The third kappa shape index (κ3) is 9.69. The fourth-order valence-corrected chi connectivity index (χ4v) is 10.9. The van der Waals surface area contributed by atoms with Gasteiger partial charge in [-0.05, 0) is 66.8 Å². The second-order valence-electron chi connectivity index (χ2n) is 15.9. The third-order valence-corrected chi connectivity index (χ3v) is 14.9. The minimum atomic E-state index is -3.81. The fourth-order valence-electron chi connectivity index (χ4n) is 8.09. The van der Waals surface area contributed by atoms with Crippen LogP contribution in [0.15, 0.2) is 66.0 Å². The zero-order chi connectivity index (χ0) is 45.3. The number of carboxylic acid groups (broad SMARTS) is 1. The molecule has 4 N–H and O–H groups in total. The van der Waals surface area contributed by atoms with E-state index in [1.807, 2.05) is 24.3 Å². The number of nitrogens with zero attached hydrogens (tertiary/aromatic N) is 3. The lowest BCUT2D eigenvalue weighted by atomic mass is 9.99. The topological polar surface area (TPSA) is 221 Å². The number of likely N-dealkylation sites (tertiary alicyclic amines) is 1. The number of amides is 5. The maximum absolute atomic E-state index is 14.9. The number of hydrogen-bond donors (Lipinski definition) is 4. The number of anilines is 2. The molecule has 17 nitrogen and oxygen atoms in total. The summed E-state index contributed by atoms with van der Waals surface area (Å²) < 4.78 is 54.4. The van der Waals surface area contributed by atoms with E-state index in [1.54, 1.807) is 23.6 Å². The summed E-state index contributed by atoms with van der Waals surface area (Å²) in [7, 11) is -3.81. The Morgan fingerprint density at radius 1 is 0.953 bits per heavy atom. The van der Waals surface area contributed by atoms with Gasteiger partial charge in [-0.15, -0.1) is 11.3 Å². The number of piperidine rings is 2. The van der Waals surface area contributed by atoms with Crippen molar-refractivity contribution in [1.29, 1.82) is 0 Å². The van der Waals surface area contributed by atoms with Crippen LogP contribution < -0.4 is 25.4 Å². The van der Waals surface area contributed by atoms with Crippen molar-refractivity contribution in [2.75, 3.05) is 50.0 Å². The Labute approximate surface area is 375 Å². The fraction of sp³-hybridized carbons (Fsp3) is 0.349. The molecule has 8 rings (SSSR count). The molecule has 3 saturated heterocycles. The Balaban J connectivity index is 0.792. The van der Waals surface area contributed by atoms with Gasteiger partial charge in [0.2, 0.25) is 27.7 Å². The number of thiophene rings is 1. The van der Waals surface area contributed by atoms with Gasteiger partial charge < -0.3 is 35.0 Å². The summed E-state index contributed by atoms with van der Waals surface area (Å²) in [5.74, 6) is -4.60. The van der Waals surface area contributed by atoms with E-state index >= 15 is 0 Å². The molecule has 0 bridgehead atoms. The quantitative estimate of drug-likeness (QED) is 0.123. The summed E-state index contributed by atoms with van der Waals surface area (Å²) in [6, 6.07) is 15.3. The standard InChI is InChI=1S/C43H42ClFN6O11S2/c44-39-35(62-21-38(54)55)22-63-40(39)25-3-1-4-28(16-25)46-27-11-13-50(14-12-27)64(59,60)23-24-7-8-31(45)32(15-24)47-41(56)26-17-49(18-26)37(53)20-61-34-6-2-5-29-30(34)19-51(43(29)58)33-9-10-36(52)48-42(33)57/h1-8,15-16,22,26-27,33,46H,9-14,17-21,23H2,(H,47,56)(H,54,55)(H,48,52,57). The number of imide groups is 1. The maximum atomic E-state index is 14.9. The van der Waals surface area contributed by atoms with Crippen molar-refractivity contribution in [3.05, 3.63) is 93.6 Å². The second kappa shape index (κ2) is 18.6. The molecule has 4 aliphatic heterocycles. The van der Waals surface area contributed by atoms with Crippen LogP contribution in [0.4, 0.5) is 15.8 Å². The number of halogens is 2. The first-order valence-corrected chi connectivity index (χ1v) is 23.2. The molecule has 3 aromatic carbocycles. The Bertz CT molecular complexity index is 2650. The average molecular weight is 937 g/mol. The van der Waals surface area contributed by atoms with Crippen molar-refractivity contribution in [3.8, 4) is 21.9 Å². The first kappa shape index (κ1) is 44.5. The molecule has 64 heavy (non-hydrogen) atoms. The van der Waals surface area contributed by atoms with E-state index in [2.05, 4.69) is 16.0 Å². The van der Waals surface area contributed by atoms with Crippen LogP contribution in [0.1, 0.15) is 47.2 Å². The van der Waals surface area contributed by atoms with E-state index in [1.165, 1.54) is 37.6 Å². The number of carbonyl (C=O) groups is 6. The Hall–Kier alpha value is -6.09. The molecule has 0 saturated carbocycles. The Morgan fingerprint density at radius 2 is 1.70 bits per heavy atom. The molecule has 4 aliphatic rings. The lowest BCUT2D eigenvalue weighted by Gasteiger charge is -2.38. The highest BCUT2D eigenvalue weighted by atomic mass is 35.5. The van der Waals surface area contributed by atoms with E-state index < -0.39 is 69.8 Å². The van der Waals surface area contributed by atoms with Gasteiger partial charge in [-0.2, -0.15) is 0 Å². The molecule has 336 valence electrons. The van der Waals surface area contributed by atoms with Crippen LogP contribution in [0.5, 0.6) is 11.5 Å². The summed E-state index contributed by atoms with van der Waals surface area (Å²) in [6.07, 6.45) is 1.36. The molecule has 0 spiro atoms. The van der Waals surface area contributed by atoms with Gasteiger partial charge in [0, 0.05) is 60.8 Å². The van der Waals surface area contributed by atoms with Crippen molar-refractivity contribution in [1.82, 2.24) is 19.4 Å². The van der Waals surface area contributed by atoms with Crippen molar-refractivity contribution < 1.29 is 56.2 Å². The van der Waals surface area contributed by atoms with Crippen molar-refractivity contribution in [2.24, 2.45) is 5.92 Å². The summed E-state index contributed by atoms with van der Waals surface area (Å²) in [4.78, 5) is 77.7. The van der Waals surface area contributed by atoms with Gasteiger partial charge in [-0.25, -0.2) is 21.9 Å². The van der Waals surface area contributed by atoms with Crippen LogP contribution in [-0.2, 0) is 46.3 Å². The predicted molar refractivity (Wildman–Crippen MR) is 232 cm³/mol. The Morgan fingerprint density at radius 3 is 2.45 bits per heavy atom. The molecule has 5 amide bonds. The largest absolute Gasteiger partial charge is 0.483 e. The number of ether oxygens (including phenoxy) is 2. The summed E-state index contributed by atoms with van der Waals surface area (Å²) >= 11 is 7.80. The number of hydrogen-bond acceptors (Lipinski definition) is 12. The first-order valence-electron chi connectivity index (χ1n) is 20.4. The number of fused-ring (bicyclic) bond motifs is 1. The highest BCUT2D eigenvalue weighted by Crippen LogP contribution is 2.42. The monoisotopic (exact) mass is 936 g/mol. The van der Waals surface area contributed by atoms with Gasteiger partial charge in [0.15, 0.2) is 13.2 Å². The van der Waals surface area contributed by atoms with E-state index in [0.29, 0.717) is 34.7 Å². The SMILES string of the molecule is O=C(O)COc1csc(-c2cccc(NC3CCN(S(=O)(=O)Cc4ccc(F)c(NC(=O)C5CN(C(=O)COc6cccc7c6CN(C6CCC(=O)NC6=O)C7=O)C5)c4)CC3)c2)c1Cl. The van der Waals surface area contributed by atoms with Crippen molar-refractivity contribution >= 4 is 79.8 Å². The molecule has 21 heteroatoms. The Kier molecular flexibility index (Phi) is 12.9. The number of benzene rings is 3. The van der Waals surface area contributed by atoms with Crippen molar-refractivity contribution in [3.63, 3.8) is 0 Å². The minimum Gasteiger partial charge on any atom is -0.483 e. The molecule has 4 aromatic rings. The summed E-state index contributed by atoms with van der Waals surface area (Å²) in [6.45, 7) is -0.221. The van der Waals surface area contributed by atoms with Crippen LogP contribution in [0.2, 0.25) is 5.02 Å². The molecular weight excluding hydrogens is 895 g/mol. The van der Waals surface area contributed by atoms with E-state index in [4.69, 9.17) is 26.2 Å². The first-order chi connectivity index (χ1) is 30.6. The number of nitrogens with one attached hydrogen (secondary N) is 3. The summed E-state index contributed by atoms with van der Waals surface area (Å²) in [5, 5.41) is 19.2. The van der Waals surface area contributed by atoms with Gasteiger partial charge >= 0.3 is 5.97 Å². The number of carboxylic acids is 1. The number of sulfonamides is 1. The number of rotatable bonds is 15. The van der Waals surface area contributed by atoms with E-state index in [0.717, 1.165) is 22.2 Å². The number of carbonyl (C=O) groups excluding carboxylic acids is 5. The van der Waals surface area contributed by atoms with Gasteiger partial charge in [-0.1, -0.05) is 35.9 Å². The zero-order valence-electron chi connectivity index (χ0n) is 34.0. The smallest absolute Gasteiger partial charge is 0.341 e. The van der Waals surface area contributed by atoms with Crippen LogP contribution >= 0.6 is 22.9 Å². The zero-order valence-corrected chi connectivity index (χ0v) is 36.4. The van der Waals surface area contributed by atoms with E-state index in [-0.39, 0.29) is 81.1 Å².